The number of rotatable bonds is 1. The van der Waals surface area contributed by atoms with E-state index in [2.05, 4.69) is 0 Å². The van der Waals surface area contributed by atoms with Crippen molar-refractivity contribution >= 4 is 17.3 Å². The SMILES string of the molecule is Cc1cc(Cl)c(-c2cccc(N)c2)cc1F. The molecule has 0 aromatic heterocycles. The number of halogens is 2. The minimum Gasteiger partial charge on any atom is -0.399 e. The largest absolute Gasteiger partial charge is 0.399 e. The summed E-state index contributed by atoms with van der Waals surface area (Å²) in [5.74, 6) is -0.262. The maximum absolute atomic E-state index is 13.5. The molecule has 0 atom stereocenters. The van der Waals surface area contributed by atoms with Crippen LogP contribution in [0.4, 0.5) is 10.1 Å². The first-order chi connectivity index (χ1) is 7.58. The summed E-state index contributed by atoms with van der Waals surface area (Å²) in [5, 5.41) is 0.532. The Labute approximate surface area is 98.7 Å². The Morgan fingerprint density at radius 3 is 2.62 bits per heavy atom. The topological polar surface area (TPSA) is 26.0 Å². The fourth-order valence-corrected chi connectivity index (χ4v) is 1.90. The first kappa shape index (κ1) is 11.0. The Kier molecular flexibility index (Phi) is 2.84. The van der Waals surface area contributed by atoms with E-state index in [0.717, 1.165) is 5.56 Å². The van der Waals surface area contributed by atoms with Gasteiger partial charge in [0, 0.05) is 16.3 Å². The number of nitrogen functional groups attached to an aromatic ring is 1. The van der Waals surface area contributed by atoms with Crippen LogP contribution in [0.2, 0.25) is 5.02 Å². The monoisotopic (exact) mass is 235 g/mol. The Balaban J connectivity index is 2.60. The van der Waals surface area contributed by atoms with Crippen molar-refractivity contribution in [3.8, 4) is 11.1 Å². The van der Waals surface area contributed by atoms with E-state index in [1.165, 1.54) is 6.07 Å². The second-order valence-electron chi connectivity index (χ2n) is 3.71. The van der Waals surface area contributed by atoms with E-state index < -0.39 is 0 Å². The number of anilines is 1. The van der Waals surface area contributed by atoms with Crippen LogP contribution in [0.25, 0.3) is 11.1 Å². The highest BCUT2D eigenvalue weighted by Gasteiger charge is 2.07. The van der Waals surface area contributed by atoms with Crippen LogP contribution in [0.1, 0.15) is 5.56 Å². The van der Waals surface area contributed by atoms with E-state index in [1.54, 1.807) is 25.1 Å². The van der Waals surface area contributed by atoms with E-state index in [4.69, 9.17) is 17.3 Å². The van der Waals surface area contributed by atoms with Gasteiger partial charge in [-0.1, -0.05) is 23.7 Å². The van der Waals surface area contributed by atoms with Gasteiger partial charge in [-0.3, -0.25) is 0 Å². The second-order valence-corrected chi connectivity index (χ2v) is 4.11. The Hall–Kier alpha value is -1.54. The third-order valence-electron chi connectivity index (χ3n) is 2.45. The van der Waals surface area contributed by atoms with Crippen LogP contribution in [-0.4, -0.2) is 0 Å². The minimum atomic E-state index is -0.262. The van der Waals surface area contributed by atoms with Gasteiger partial charge in [-0.25, -0.2) is 4.39 Å². The molecule has 0 radical (unpaired) electrons. The number of hydrogen-bond acceptors (Lipinski definition) is 1. The van der Waals surface area contributed by atoms with Gasteiger partial charge in [-0.05, 0) is 42.3 Å². The zero-order chi connectivity index (χ0) is 11.7. The molecule has 0 aliphatic carbocycles. The molecule has 2 aromatic carbocycles. The van der Waals surface area contributed by atoms with Crippen molar-refractivity contribution in [1.82, 2.24) is 0 Å². The predicted molar refractivity (Wildman–Crippen MR) is 66.0 cm³/mol. The number of aryl methyl sites for hydroxylation is 1. The molecule has 82 valence electrons. The Bertz CT molecular complexity index is 537. The lowest BCUT2D eigenvalue weighted by Gasteiger charge is -2.07. The summed E-state index contributed by atoms with van der Waals surface area (Å²) >= 11 is 6.08. The van der Waals surface area contributed by atoms with E-state index in [0.29, 0.717) is 21.8 Å². The molecule has 0 saturated carbocycles. The van der Waals surface area contributed by atoms with E-state index >= 15 is 0 Å². The molecule has 0 fully saturated rings. The number of hydrogen-bond donors (Lipinski definition) is 1. The average molecular weight is 236 g/mol. The summed E-state index contributed by atoms with van der Waals surface area (Å²) in [7, 11) is 0. The molecule has 2 rings (SSSR count). The molecule has 1 nitrogen and oxygen atoms in total. The highest BCUT2D eigenvalue weighted by molar-refractivity contribution is 6.33. The zero-order valence-electron chi connectivity index (χ0n) is 8.80. The molecule has 0 aliphatic rings. The Morgan fingerprint density at radius 1 is 1.19 bits per heavy atom. The molecule has 0 amide bonds. The van der Waals surface area contributed by atoms with Crippen LogP contribution in [0.15, 0.2) is 36.4 Å². The smallest absolute Gasteiger partial charge is 0.126 e. The molecular weight excluding hydrogens is 225 g/mol. The lowest BCUT2D eigenvalue weighted by Crippen LogP contribution is -1.89. The van der Waals surface area contributed by atoms with Crippen LogP contribution in [0.5, 0.6) is 0 Å². The summed E-state index contributed by atoms with van der Waals surface area (Å²) in [5.41, 5.74) is 8.34. The van der Waals surface area contributed by atoms with Gasteiger partial charge in [0.15, 0.2) is 0 Å². The van der Waals surface area contributed by atoms with E-state index in [-0.39, 0.29) is 5.82 Å². The fourth-order valence-electron chi connectivity index (χ4n) is 1.57. The highest BCUT2D eigenvalue weighted by atomic mass is 35.5. The maximum Gasteiger partial charge on any atom is 0.126 e. The molecule has 3 heteroatoms. The maximum atomic E-state index is 13.5. The van der Waals surface area contributed by atoms with E-state index in [1.807, 2.05) is 12.1 Å². The molecule has 0 spiro atoms. The van der Waals surface area contributed by atoms with Crippen molar-refractivity contribution in [3.05, 3.63) is 52.8 Å². The van der Waals surface area contributed by atoms with Crippen LogP contribution in [-0.2, 0) is 0 Å². The van der Waals surface area contributed by atoms with Crippen LogP contribution >= 0.6 is 11.6 Å². The van der Waals surface area contributed by atoms with Gasteiger partial charge < -0.3 is 5.73 Å². The summed E-state index contributed by atoms with van der Waals surface area (Å²) < 4.78 is 13.5. The fraction of sp³-hybridized carbons (Fsp3) is 0.0769. The molecular formula is C13H11ClFN. The lowest BCUT2D eigenvalue weighted by atomic mass is 10.0. The summed E-state index contributed by atoms with van der Waals surface area (Å²) in [4.78, 5) is 0. The third-order valence-corrected chi connectivity index (χ3v) is 2.76. The molecule has 0 unspecified atom stereocenters. The molecule has 2 N–H and O–H groups in total. The molecule has 16 heavy (non-hydrogen) atoms. The van der Waals surface area contributed by atoms with Gasteiger partial charge in [-0.2, -0.15) is 0 Å². The molecule has 0 heterocycles. The van der Waals surface area contributed by atoms with Crippen LogP contribution in [0, 0.1) is 12.7 Å². The van der Waals surface area contributed by atoms with Crippen molar-refractivity contribution in [2.75, 3.05) is 5.73 Å². The van der Waals surface area contributed by atoms with Crippen molar-refractivity contribution in [2.24, 2.45) is 0 Å². The molecule has 0 aliphatic heterocycles. The lowest BCUT2D eigenvalue weighted by molar-refractivity contribution is 0.619. The summed E-state index contributed by atoms with van der Waals surface area (Å²) in [6.07, 6.45) is 0. The van der Waals surface area contributed by atoms with Crippen LogP contribution < -0.4 is 5.73 Å². The van der Waals surface area contributed by atoms with Gasteiger partial charge in [0.25, 0.3) is 0 Å². The highest BCUT2D eigenvalue weighted by Crippen LogP contribution is 2.30. The van der Waals surface area contributed by atoms with Gasteiger partial charge in [0.05, 0.1) is 0 Å². The number of nitrogens with two attached hydrogens (primary N) is 1. The predicted octanol–water partition coefficient (Wildman–Crippen LogP) is 4.04. The van der Waals surface area contributed by atoms with Crippen molar-refractivity contribution in [1.29, 1.82) is 0 Å². The van der Waals surface area contributed by atoms with Gasteiger partial charge in [0.2, 0.25) is 0 Å². The molecule has 0 saturated heterocycles. The van der Waals surface area contributed by atoms with Crippen LogP contribution in [0.3, 0.4) is 0 Å². The first-order valence-corrected chi connectivity index (χ1v) is 5.27. The second kappa shape index (κ2) is 4.14. The van der Waals surface area contributed by atoms with Gasteiger partial charge >= 0.3 is 0 Å². The summed E-state index contributed by atoms with van der Waals surface area (Å²) in [6, 6.07) is 10.3. The first-order valence-electron chi connectivity index (χ1n) is 4.89. The van der Waals surface area contributed by atoms with Crippen molar-refractivity contribution < 1.29 is 4.39 Å². The average Bonchev–Trinajstić information content (AvgIpc) is 2.23. The standard InChI is InChI=1S/C13H11ClFN/c1-8-5-12(14)11(7-13(8)15)9-3-2-4-10(16)6-9/h2-7H,16H2,1H3. The Morgan fingerprint density at radius 2 is 1.94 bits per heavy atom. The van der Waals surface area contributed by atoms with Crippen molar-refractivity contribution in [2.45, 2.75) is 6.92 Å². The number of benzene rings is 2. The van der Waals surface area contributed by atoms with E-state index in [9.17, 15) is 4.39 Å². The van der Waals surface area contributed by atoms with Gasteiger partial charge in [-0.15, -0.1) is 0 Å². The van der Waals surface area contributed by atoms with Gasteiger partial charge in [0.1, 0.15) is 5.82 Å². The van der Waals surface area contributed by atoms with Crippen molar-refractivity contribution in [3.63, 3.8) is 0 Å². The molecule has 2 aromatic rings. The normalized spacial score (nSPS) is 10.4. The minimum absolute atomic E-state index is 0.262. The zero-order valence-corrected chi connectivity index (χ0v) is 9.55. The third kappa shape index (κ3) is 2.02. The quantitative estimate of drug-likeness (QED) is 0.742. The molecule has 0 bridgehead atoms. The summed E-state index contributed by atoms with van der Waals surface area (Å²) in [6.45, 7) is 1.68.